The van der Waals surface area contributed by atoms with Gasteiger partial charge in [0.25, 0.3) is 0 Å². The Morgan fingerprint density at radius 2 is 1.90 bits per heavy atom. The number of rotatable bonds is 7. The average molecular weight is 415 g/mol. The lowest BCUT2D eigenvalue weighted by Crippen LogP contribution is -2.05. The second-order valence-corrected chi connectivity index (χ2v) is 7.68. The number of carboxylic acid groups (broad SMARTS) is 1. The topological polar surface area (TPSA) is 90.4 Å². The van der Waals surface area contributed by atoms with Gasteiger partial charge in [-0.15, -0.1) is 0 Å². The van der Waals surface area contributed by atoms with Crippen LogP contribution in [0.15, 0.2) is 60.7 Å². The van der Waals surface area contributed by atoms with Crippen molar-refractivity contribution in [1.82, 2.24) is 9.78 Å². The second kappa shape index (κ2) is 8.62. The fraction of sp³-hybridized carbons (Fsp3) is 0.200. The van der Waals surface area contributed by atoms with Crippen molar-refractivity contribution in [3.8, 4) is 16.9 Å². The maximum Gasteiger partial charge on any atom is 0.307 e. The van der Waals surface area contributed by atoms with Gasteiger partial charge in [-0.1, -0.05) is 36.4 Å². The Kier molecular flexibility index (Phi) is 5.73. The molecule has 4 aromatic rings. The first kappa shape index (κ1) is 20.6. The molecule has 0 bridgehead atoms. The number of hydrogen-bond donors (Lipinski definition) is 2. The summed E-state index contributed by atoms with van der Waals surface area (Å²) in [6.45, 7) is 2.70. The summed E-state index contributed by atoms with van der Waals surface area (Å²) < 4.78 is 7.89. The van der Waals surface area contributed by atoms with Crippen molar-refractivity contribution in [1.29, 1.82) is 0 Å². The molecule has 0 radical (unpaired) electrons. The van der Waals surface area contributed by atoms with E-state index < -0.39 is 5.97 Å². The van der Waals surface area contributed by atoms with E-state index in [4.69, 9.17) is 10.5 Å². The van der Waals surface area contributed by atoms with Crippen LogP contribution in [0.25, 0.3) is 22.0 Å². The molecule has 6 nitrogen and oxygen atoms in total. The molecular formula is C25H25N3O3. The van der Waals surface area contributed by atoms with Gasteiger partial charge in [0.15, 0.2) is 0 Å². The number of nitrogens with two attached hydrogens (primary N) is 1. The predicted octanol–water partition coefficient (Wildman–Crippen LogP) is 4.21. The molecule has 1 heterocycles. The zero-order valence-corrected chi connectivity index (χ0v) is 17.6. The summed E-state index contributed by atoms with van der Waals surface area (Å²) in [5.41, 5.74) is 12.5. The smallest absolute Gasteiger partial charge is 0.307 e. The van der Waals surface area contributed by atoms with Crippen LogP contribution in [0.4, 0.5) is 0 Å². The lowest BCUT2D eigenvalue weighted by atomic mass is 10.0. The molecule has 0 amide bonds. The highest BCUT2D eigenvalue weighted by Gasteiger charge is 2.13. The van der Waals surface area contributed by atoms with Crippen LogP contribution in [0.1, 0.15) is 22.4 Å². The van der Waals surface area contributed by atoms with Gasteiger partial charge in [-0.25, -0.2) is 0 Å². The zero-order valence-electron chi connectivity index (χ0n) is 17.6. The molecular weight excluding hydrogens is 390 g/mol. The standard InChI is InChI=1S/C25H25N3O3/c1-16-6-7-20(13-25(29)30)24(10-16)31-15-22-21-12-19(8-9-23(21)28(2)27-22)18-5-3-4-17(11-18)14-26/h3-12H,13-15,26H2,1-2H3,(H,29,30). The monoisotopic (exact) mass is 415 g/mol. The number of carbonyl (C=O) groups is 1. The van der Waals surface area contributed by atoms with E-state index in [1.807, 2.05) is 42.9 Å². The Labute approximate surface area is 180 Å². The highest BCUT2D eigenvalue weighted by atomic mass is 16.5. The molecule has 0 saturated heterocycles. The van der Waals surface area contributed by atoms with Crippen molar-refractivity contribution in [3.05, 3.63) is 83.0 Å². The number of fused-ring (bicyclic) bond motifs is 1. The molecule has 3 N–H and O–H groups in total. The van der Waals surface area contributed by atoms with E-state index in [9.17, 15) is 9.90 Å². The van der Waals surface area contributed by atoms with E-state index in [0.29, 0.717) is 17.9 Å². The molecule has 0 unspecified atom stereocenters. The number of aryl methyl sites for hydroxylation is 2. The van der Waals surface area contributed by atoms with Crippen LogP contribution in [-0.2, 0) is 31.4 Å². The van der Waals surface area contributed by atoms with Crippen LogP contribution in [0.2, 0.25) is 0 Å². The predicted molar refractivity (Wildman–Crippen MR) is 121 cm³/mol. The Morgan fingerprint density at radius 1 is 1.10 bits per heavy atom. The van der Waals surface area contributed by atoms with Gasteiger partial charge in [-0.05, 0) is 53.4 Å². The van der Waals surface area contributed by atoms with Gasteiger partial charge in [0, 0.05) is 24.5 Å². The van der Waals surface area contributed by atoms with E-state index in [1.54, 1.807) is 6.07 Å². The number of carboxylic acids is 1. The Morgan fingerprint density at radius 3 is 2.68 bits per heavy atom. The zero-order chi connectivity index (χ0) is 22.0. The van der Waals surface area contributed by atoms with Crippen molar-refractivity contribution < 1.29 is 14.6 Å². The van der Waals surface area contributed by atoms with Gasteiger partial charge in [0.2, 0.25) is 0 Å². The quantitative estimate of drug-likeness (QED) is 0.472. The van der Waals surface area contributed by atoms with Gasteiger partial charge >= 0.3 is 5.97 Å². The third-order valence-corrected chi connectivity index (χ3v) is 5.35. The maximum absolute atomic E-state index is 11.2. The fourth-order valence-corrected chi connectivity index (χ4v) is 3.75. The van der Waals surface area contributed by atoms with E-state index in [-0.39, 0.29) is 13.0 Å². The third kappa shape index (κ3) is 4.44. The molecule has 0 saturated carbocycles. The summed E-state index contributed by atoms with van der Waals surface area (Å²) in [6, 6.07) is 20.0. The Hall–Kier alpha value is -3.64. The largest absolute Gasteiger partial charge is 0.487 e. The third-order valence-electron chi connectivity index (χ3n) is 5.35. The molecule has 0 atom stereocenters. The molecule has 0 spiro atoms. The van der Waals surface area contributed by atoms with Gasteiger partial charge in [-0.2, -0.15) is 5.10 Å². The molecule has 1 aromatic heterocycles. The molecule has 0 fully saturated rings. The first-order valence-electron chi connectivity index (χ1n) is 10.1. The van der Waals surface area contributed by atoms with Crippen LogP contribution in [-0.4, -0.2) is 20.9 Å². The SMILES string of the molecule is Cc1ccc(CC(=O)O)c(OCc2nn(C)c3ccc(-c4cccc(CN)c4)cc23)c1. The van der Waals surface area contributed by atoms with E-state index >= 15 is 0 Å². The fourth-order valence-electron chi connectivity index (χ4n) is 3.75. The van der Waals surface area contributed by atoms with Crippen LogP contribution in [0.5, 0.6) is 5.75 Å². The van der Waals surface area contributed by atoms with Crippen molar-refractivity contribution in [3.63, 3.8) is 0 Å². The number of aliphatic carboxylic acids is 1. The minimum atomic E-state index is -0.888. The number of hydrogen-bond acceptors (Lipinski definition) is 4. The molecule has 6 heteroatoms. The van der Waals surface area contributed by atoms with Crippen LogP contribution < -0.4 is 10.5 Å². The van der Waals surface area contributed by atoms with Gasteiger partial charge in [0.1, 0.15) is 18.1 Å². The Bertz CT molecular complexity index is 1260. The van der Waals surface area contributed by atoms with Crippen LogP contribution >= 0.6 is 0 Å². The first-order chi connectivity index (χ1) is 14.9. The van der Waals surface area contributed by atoms with Crippen LogP contribution in [0.3, 0.4) is 0 Å². The summed E-state index contributed by atoms with van der Waals surface area (Å²) in [5.74, 6) is -0.311. The van der Waals surface area contributed by atoms with Crippen molar-refractivity contribution >= 4 is 16.9 Å². The van der Waals surface area contributed by atoms with E-state index in [0.717, 1.165) is 38.9 Å². The number of benzene rings is 3. The molecule has 3 aromatic carbocycles. The highest BCUT2D eigenvalue weighted by molar-refractivity contribution is 5.87. The number of nitrogens with zero attached hydrogens (tertiary/aromatic N) is 2. The van der Waals surface area contributed by atoms with Crippen molar-refractivity contribution in [2.24, 2.45) is 12.8 Å². The molecule has 0 aliphatic heterocycles. The second-order valence-electron chi connectivity index (χ2n) is 7.68. The number of aromatic nitrogens is 2. The summed E-state index contributed by atoms with van der Waals surface area (Å²) >= 11 is 0. The summed E-state index contributed by atoms with van der Waals surface area (Å²) in [7, 11) is 1.91. The van der Waals surface area contributed by atoms with Gasteiger partial charge in [-0.3, -0.25) is 9.48 Å². The minimum Gasteiger partial charge on any atom is -0.487 e. The average Bonchev–Trinajstić information content (AvgIpc) is 3.08. The molecule has 158 valence electrons. The molecule has 31 heavy (non-hydrogen) atoms. The summed E-state index contributed by atoms with van der Waals surface area (Å²) in [4.78, 5) is 11.2. The van der Waals surface area contributed by atoms with E-state index in [2.05, 4.69) is 35.4 Å². The normalized spacial score (nSPS) is 11.1. The molecule has 4 rings (SSSR count). The van der Waals surface area contributed by atoms with Crippen molar-refractivity contribution in [2.45, 2.75) is 26.5 Å². The summed E-state index contributed by atoms with van der Waals surface area (Å²) in [6.07, 6.45) is -0.0831. The first-order valence-corrected chi connectivity index (χ1v) is 10.1. The van der Waals surface area contributed by atoms with Crippen LogP contribution in [0, 0.1) is 6.92 Å². The van der Waals surface area contributed by atoms with Gasteiger partial charge in [0.05, 0.1) is 11.9 Å². The molecule has 0 aliphatic carbocycles. The van der Waals surface area contributed by atoms with E-state index in [1.165, 1.54) is 0 Å². The lowest BCUT2D eigenvalue weighted by molar-refractivity contribution is -0.136. The van der Waals surface area contributed by atoms with Crippen molar-refractivity contribution in [2.75, 3.05) is 0 Å². The highest BCUT2D eigenvalue weighted by Crippen LogP contribution is 2.28. The lowest BCUT2D eigenvalue weighted by Gasteiger charge is -2.11. The summed E-state index contributed by atoms with van der Waals surface area (Å²) in [5, 5.41) is 14.8. The number of ether oxygens (including phenoxy) is 1. The Balaban J connectivity index is 1.67. The maximum atomic E-state index is 11.2. The minimum absolute atomic E-state index is 0.0831. The van der Waals surface area contributed by atoms with Gasteiger partial charge < -0.3 is 15.6 Å². The molecule has 0 aliphatic rings.